The van der Waals surface area contributed by atoms with Crippen molar-refractivity contribution in [3.05, 3.63) is 88.7 Å². The van der Waals surface area contributed by atoms with E-state index in [2.05, 4.69) is 5.32 Å². The van der Waals surface area contributed by atoms with Crippen molar-refractivity contribution in [2.45, 2.75) is 26.3 Å². The number of nitrogens with zero attached hydrogens (tertiary/aromatic N) is 3. The predicted molar refractivity (Wildman–Crippen MR) is 148 cm³/mol. The fourth-order valence-electron chi connectivity index (χ4n) is 4.29. The second-order valence-electron chi connectivity index (χ2n) is 9.36. The summed E-state index contributed by atoms with van der Waals surface area (Å²) in [7, 11) is 3.88. The first-order chi connectivity index (χ1) is 17.7. The van der Waals surface area contributed by atoms with Crippen LogP contribution in [0.25, 0.3) is 0 Å². The van der Waals surface area contributed by atoms with Crippen molar-refractivity contribution >= 4 is 46.2 Å². The first kappa shape index (κ1) is 26.4. The van der Waals surface area contributed by atoms with E-state index in [-0.39, 0.29) is 29.8 Å². The molecule has 192 valence electrons. The van der Waals surface area contributed by atoms with Crippen LogP contribution in [0, 0.1) is 11.7 Å². The smallest absolute Gasteiger partial charge is 0.252 e. The van der Waals surface area contributed by atoms with E-state index >= 15 is 0 Å². The van der Waals surface area contributed by atoms with Crippen LogP contribution in [0.15, 0.2) is 71.7 Å². The molecule has 0 aliphatic carbocycles. The average molecular weight is 521 g/mol. The van der Waals surface area contributed by atoms with Crippen LogP contribution in [-0.4, -0.2) is 44.2 Å². The summed E-state index contributed by atoms with van der Waals surface area (Å²) in [6.07, 6.45) is 0.680. The van der Waals surface area contributed by atoms with E-state index in [1.165, 1.54) is 11.0 Å². The fourth-order valence-corrected chi connectivity index (χ4v) is 4.46. The molecule has 3 aromatic rings. The molecule has 0 fully saturated rings. The maximum absolute atomic E-state index is 15.0. The summed E-state index contributed by atoms with van der Waals surface area (Å²) in [6, 6.07) is 18.0. The maximum Gasteiger partial charge on any atom is 0.252 e. The zero-order chi connectivity index (χ0) is 26.7. The molecule has 0 saturated carbocycles. The van der Waals surface area contributed by atoms with Crippen molar-refractivity contribution in [3.63, 3.8) is 0 Å². The van der Waals surface area contributed by atoms with E-state index in [1.807, 2.05) is 57.1 Å². The minimum atomic E-state index is -0.794. The largest absolute Gasteiger partial charge is 0.378 e. The molecule has 0 aromatic heterocycles. The number of rotatable bonds is 7. The molecular weight excluding hydrogens is 491 g/mol. The zero-order valence-electron chi connectivity index (χ0n) is 21.3. The highest BCUT2D eigenvalue weighted by Gasteiger charge is 2.36. The van der Waals surface area contributed by atoms with Gasteiger partial charge in [-0.2, -0.15) is 0 Å². The van der Waals surface area contributed by atoms with Gasteiger partial charge in [-0.25, -0.2) is 4.39 Å². The van der Waals surface area contributed by atoms with Gasteiger partial charge in [-0.15, -0.1) is 0 Å². The maximum atomic E-state index is 15.0. The lowest BCUT2D eigenvalue weighted by atomic mass is 9.97. The van der Waals surface area contributed by atoms with E-state index in [9.17, 15) is 14.0 Å². The molecule has 37 heavy (non-hydrogen) atoms. The molecule has 1 aliphatic heterocycles. The van der Waals surface area contributed by atoms with Crippen molar-refractivity contribution < 1.29 is 14.0 Å². The van der Waals surface area contributed by atoms with Crippen LogP contribution in [0.4, 0.5) is 21.5 Å². The molecule has 0 radical (unpaired) electrons. The van der Waals surface area contributed by atoms with Gasteiger partial charge < -0.3 is 15.1 Å². The normalized spacial score (nSPS) is 15.9. The van der Waals surface area contributed by atoms with E-state index in [0.717, 1.165) is 5.69 Å². The number of hydrogen-bond acceptors (Lipinski definition) is 4. The molecule has 1 heterocycles. The molecule has 2 amide bonds. The second-order valence-corrected chi connectivity index (χ2v) is 9.80. The fraction of sp³-hybridized carbons (Fsp3) is 0.276. The van der Waals surface area contributed by atoms with Gasteiger partial charge in [0.1, 0.15) is 18.4 Å². The Morgan fingerprint density at radius 1 is 1.11 bits per heavy atom. The number of amides is 2. The summed E-state index contributed by atoms with van der Waals surface area (Å²) in [5.74, 6) is -1.26. The number of benzene rings is 3. The summed E-state index contributed by atoms with van der Waals surface area (Å²) in [6.45, 7) is 3.67. The van der Waals surface area contributed by atoms with Crippen molar-refractivity contribution in [1.82, 2.24) is 0 Å². The van der Waals surface area contributed by atoms with Crippen LogP contribution >= 0.6 is 11.6 Å². The Morgan fingerprint density at radius 2 is 1.81 bits per heavy atom. The highest BCUT2D eigenvalue weighted by atomic mass is 35.5. The van der Waals surface area contributed by atoms with E-state index in [0.29, 0.717) is 34.1 Å². The van der Waals surface area contributed by atoms with Crippen molar-refractivity contribution in [1.29, 1.82) is 0 Å². The molecule has 0 saturated heterocycles. The summed E-state index contributed by atoms with van der Waals surface area (Å²) in [5.41, 5.74) is 3.20. The number of fused-ring (bicyclic) bond motifs is 1. The van der Waals surface area contributed by atoms with Crippen LogP contribution < -0.4 is 15.1 Å². The Balaban J connectivity index is 1.75. The van der Waals surface area contributed by atoms with Gasteiger partial charge in [0.2, 0.25) is 5.91 Å². The Morgan fingerprint density at radius 3 is 2.46 bits per heavy atom. The van der Waals surface area contributed by atoms with Gasteiger partial charge in [0.25, 0.3) is 5.91 Å². The zero-order valence-corrected chi connectivity index (χ0v) is 22.1. The van der Waals surface area contributed by atoms with Crippen LogP contribution in [0.2, 0.25) is 5.02 Å². The van der Waals surface area contributed by atoms with Crippen LogP contribution in [-0.2, 0) is 9.59 Å². The number of hydrogen-bond donors (Lipinski definition) is 1. The SMILES string of the molecule is CCC(C)C1N=C(c2ccccc2F)c2cc(Cl)ccc2N(CC(=O)Nc2ccc(N(C)C)cc2)C1=O. The van der Waals surface area contributed by atoms with Crippen LogP contribution in [0.3, 0.4) is 0 Å². The number of benzodiazepines with no additional fused rings is 1. The molecule has 0 spiro atoms. The Labute approximate surface area is 221 Å². The summed E-state index contributed by atoms with van der Waals surface area (Å²) in [5, 5.41) is 3.29. The van der Waals surface area contributed by atoms with E-state index < -0.39 is 11.9 Å². The monoisotopic (exact) mass is 520 g/mol. The number of aliphatic imine (C=N–C) groups is 1. The second kappa shape index (κ2) is 11.1. The van der Waals surface area contributed by atoms with Gasteiger partial charge >= 0.3 is 0 Å². The highest BCUT2D eigenvalue weighted by Crippen LogP contribution is 2.33. The lowest BCUT2D eigenvalue weighted by Gasteiger charge is -2.26. The lowest BCUT2D eigenvalue weighted by Crippen LogP contribution is -2.44. The number of anilines is 3. The van der Waals surface area contributed by atoms with E-state index in [1.54, 1.807) is 36.4 Å². The standard InChI is InChI=1S/C29H30ClFN4O2/c1-5-18(2)27-29(37)35(17-26(36)32-20-11-13-21(14-12-20)34(3)4)25-15-10-19(30)16-23(25)28(33-27)22-8-6-7-9-24(22)31/h6-16,18,27H,5,17H2,1-4H3,(H,32,36). The molecule has 6 nitrogen and oxygen atoms in total. The Bertz CT molecular complexity index is 1340. The van der Waals surface area contributed by atoms with Crippen LogP contribution in [0.1, 0.15) is 31.4 Å². The molecule has 2 unspecified atom stereocenters. The van der Waals surface area contributed by atoms with E-state index in [4.69, 9.17) is 16.6 Å². The average Bonchev–Trinajstić information content (AvgIpc) is 2.99. The first-order valence-electron chi connectivity index (χ1n) is 12.2. The minimum Gasteiger partial charge on any atom is -0.378 e. The number of carbonyl (C=O) groups excluding carboxylic acids is 2. The van der Waals surface area contributed by atoms with Crippen LogP contribution in [0.5, 0.6) is 0 Å². The Kier molecular flexibility index (Phi) is 7.93. The third-order valence-corrected chi connectivity index (χ3v) is 6.81. The molecular formula is C29H30ClFN4O2. The minimum absolute atomic E-state index is 0.136. The molecule has 2 atom stereocenters. The molecule has 1 N–H and O–H groups in total. The van der Waals surface area contributed by atoms with Gasteiger partial charge in [0, 0.05) is 41.6 Å². The third kappa shape index (κ3) is 5.67. The third-order valence-electron chi connectivity index (χ3n) is 6.57. The van der Waals surface area contributed by atoms with Gasteiger partial charge in [0.05, 0.1) is 11.4 Å². The quantitative estimate of drug-likeness (QED) is 0.429. The van der Waals surface area contributed by atoms with Gasteiger partial charge in [0.15, 0.2) is 0 Å². The predicted octanol–water partition coefficient (Wildman–Crippen LogP) is 5.78. The lowest BCUT2D eigenvalue weighted by molar-refractivity contribution is -0.123. The van der Waals surface area contributed by atoms with Crippen molar-refractivity contribution in [2.24, 2.45) is 10.9 Å². The highest BCUT2D eigenvalue weighted by molar-refractivity contribution is 6.32. The number of nitrogens with one attached hydrogen (secondary N) is 1. The van der Waals surface area contributed by atoms with Gasteiger partial charge in [-0.1, -0.05) is 44.0 Å². The molecule has 3 aromatic carbocycles. The molecule has 4 rings (SSSR count). The van der Waals surface area contributed by atoms with Gasteiger partial charge in [-0.3, -0.25) is 14.6 Å². The molecule has 0 bridgehead atoms. The summed E-state index contributed by atoms with van der Waals surface area (Å²) >= 11 is 6.35. The number of carbonyl (C=O) groups is 2. The number of halogens is 2. The summed E-state index contributed by atoms with van der Waals surface area (Å²) < 4.78 is 15.0. The molecule has 1 aliphatic rings. The van der Waals surface area contributed by atoms with Gasteiger partial charge in [-0.05, 0) is 60.5 Å². The summed E-state index contributed by atoms with van der Waals surface area (Å²) in [4.78, 5) is 35.2. The first-order valence-corrected chi connectivity index (χ1v) is 12.6. The molecule has 8 heteroatoms. The van der Waals surface area contributed by atoms with Crippen molar-refractivity contribution in [2.75, 3.05) is 35.8 Å². The Hall–Kier alpha value is -3.71. The van der Waals surface area contributed by atoms with Crippen molar-refractivity contribution in [3.8, 4) is 0 Å². The topological polar surface area (TPSA) is 65.0 Å².